The number of hydrogen-bond donors (Lipinski definition) is 0. The molecule has 0 atom stereocenters. The molecule has 0 aromatic rings. The zero-order valence-corrected chi connectivity index (χ0v) is 9.91. The van der Waals surface area contributed by atoms with E-state index in [2.05, 4.69) is 39.5 Å². The van der Waals surface area contributed by atoms with Crippen molar-refractivity contribution >= 4 is 11.8 Å². The summed E-state index contributed by atoms with van der Waals surface area (Å²) in [7, 11) is 0. The van der Waals surface area contributed by atoms with E-state index in [0.717, 1.165) is 11.8 Å². The van der Waals surface area contributed by atoms with Gasteiger partial charge in [-0.3, -0.25) is 0 Å². The van der Waals surface area contributed by atoms with E-state index >= 15 is 0 Å². The minimum absolute atomic E-state index is 0.877. The zero-order chi connectivity index (χ0) is 9.40. The lowest BCUT2D eigenvalue weighted by Crippen LogP contribution is -1.92. The van der Waals surface area contributed by atoms with Crippen LogP contribution in [-0.2, 0) is 0 Å². The van der Waals surface area contributed by atoms with Gasteiger partial charge in [0, 0.05) is 0 Å². The minimum Gasteiger partial charge on any atom is -0.162 e. The first-order valence-electron chi connectivity index (χ1n) is 5.20. The molecule has 0 aliphatic heterocycles. The molecular formula is C11H24S. The van der Waals surface area contributed by atoms with Gasteiger partial charge in [-0.15, -0.1) is 0 Å². The predicted molar refractivity (Wildman–Crippen MR) is 60.9 cm³/mol. The molecule has 0 aliphatic rings. The molecule has 0 bridgehead atoms. The van der Waals surface area contributed by atoms with Crippen LogP contribution >= 0.6 is 11.8 Å². The Labute approximate surface area is 82.5 Å². The van der Waals surface area contributed by atoms with Crippen molar-refractivity contribution in [2.75, 3.05) is 11.5 Å². The van der Waals surface area contributed by atoms with E-state index in [1.54, 1.807) is 0 Å². The van der Waals surface area contributed by atoms with Crippen molar-refractivity contribution in [3.63, 3.8) is 0 Å². The largest absolute Gasteiger partial charge is 0.162 e. The second kappa shape index (κ2) is 7.97. The fourth-order valence-corrected chi connectivity index (χ4v) is 2.23. The van der Waals surface area contributed by atoms with Gasteiger partial charge in [0.1, 0.15) is 0 Å². The van der Waals surface area contributed by atoms with Gasteiger partial charge in [-0.2, -0.15) is 11.8 Å². The average molecular weight is 188 g/mol. The Kier molecular flexibility index (Phi) is 8.20. The van der Waals surface area contributed by atoms with E-state index in [-0.39, 0.29) is 0 Å². The van der Waals surface area contributed by atoms with Crippen molar-refractivity contribution in [1.29, 1.82) is 0 Å². The molecule has 0 fully saturated rings. The molecule has 0 N–H and O–H groups in total. The summed E-state index contributed by atoms with van der Waals surface area (Å²) in [6, 6.07) is 0. The van der Waals surface area contributed by atoms with Crippen LogP contribution in [0.3, 0.4) is 0 Å². The first-order chi connectivity index (χ1) is 5.63. The Morgan fingerprint density at radius 1 is 0.833 bits per heavy atom. The topological polar surface area (TPSA) is 0 Å². The highest BCUT2D eigenvalue weighted by Crippen LogP contribution is 2.12. The molecule has 0 rings (SSSR count). The van der Waals surface area contributed by atoms with Crippen LogP contribution < -0.4 is 0 Å². The summed E-state index contributed by atoms with van der Waals surface area (Å²) < 4.78 is 0. The van der Waals surface area contributed by atoms with Crippen LogP contribution in [0.15, 0.2) is 0 Å². The number of rotatable bonds is 7. The summed E-state index contributed by atoms with van der Waals surface area (Å²) in [4.78, 5) is 0. The van der Waals surface area contributed by atoms with Crippen molar-refractivity contribution in [3.05, 3.63) is 0 Å². The minimum atomic E-state index is 0.877. The first kappa shape index (κ1) is 12.3. The zero-order valence-electron chi connectivity index (χ0n) is 9.10. The highest BCUT2D eigenvalue weighted by Gasteiger charge is 1.96. The number of thioether (sulfide) groups is 1. The normalized spacial score (nSPS) is 11.5. The van der Waals surface area contributed by atoms with Gasteiger partial charge in [-0.1, -0.05) is 34.1 Å². The molecule has 0 saturated heterocycles. The van der Waals surface area contributed by atoms with Crippen LogP contribution in [0.1, 0.15) is 47.0 Å². The lowest BCUT2D eigenvalue weighted by Gasteiger charge is -2.05. The van der Waals surface area contributed by atoms with Crippen LogP contribution in [0, 0.1) is 11.8 Å². The van der Waals surface area contributed by atoms with E-state index in [1.807, 2.05) is 0 Å². The molecule has 74 valence electrons. The summed E-state index contributed by atoms with van der Waals surface area (Å²) in [5.74, 6) is 4.49. The third kappa shape index (κ3) is 10.3. The van der Waals surface area contributed by atoms with Crippen molar-refractivity contribution in [2.24, 2.45) is 11.8 Å². The smallest absolute Gasteiger partial charge is 0.00651 e. The summed E-state index contributed by atoms with van der Waals surface area (Å²) in [5, 5.41) is 0. The lowest BCUT2D eigenvalue weighted by molar-refractivity contribution is 0.578. The van der Waals surface area contributed by atoms with Crippen molar-refractivity contribution in [2.45, 2.75) is 47.0 Å². The molecule has 0 radical (unpaired) electrons. The average Bonchev–Trinajstić information content (AvgIpc) is 1.95. The molecule has 0 amide bonds. The van der Waals surface area contributed by atoms with Gasteiger partial charge in [0.05, 0.1) is 0 Å². The Hall–Kier alpha value is 0.350. The van der Waals surface area contributed by atoms with E-state index in [1.165, 1.54) is 30.8 Å². The summed E-state index contributed by atoms with van der Waals surface area (Å²) in [6.45, 7) is 9.21. The van der Waals surface area contributed by atoms with E-state index in [9.17, 15) is 0 Å². The second-order valence-corrected chi connectivity index (χ2v) is 5.56. The van der Waals surface area contributed by atoms with Crippen molar-refractivity contribution in [3.8, 4) is 0 Å². The Balaban J connectivity index is 2.91. The van der Waals surface area contributed by atoms with Crippen molar-refractivity contribution < 1.29 is 0 Å². The van der Waals surface area contributed by atoms with Gasteiger partial charge in [-0.05, 0) is 36.2 Å². The molecule has 0 nitrogen and oxygen atoms in total. The van der Waals surface area contributed by atoms with E-state index < -0.39 is 0 Å². The quantitative estimate of drug-likeness (QED) is 0.540. The highest BCUT2D eigenvalue weighted by atomic mass is 32.2. The molecule has 0 spiro atoms. The Morgan fingerprint density at radius 3 is 1.92 bits per heavy atom. The maximum atomic E-state index is 2.30. The second-order valence-electron chi connectivity index (χ2n) is 4.33. The fourth-order valence-electron chi connectivity index (χ4n) is 1.01. The SMILES string of the molecule is CC(C)CCCSCCC(C)C. The van der Waals surface area contributed by atoms with Crippen LogP contribution in [0.4, 0.5) is 0 Å². The third-order valence-electron chi connectivity index (χ3n) is 1.91. The Morgan fingerprint density at radius 2 is 1.42 bits per heavy atom. The molecule has 0 aromatic carbocycles. The Bertz CT molecular complexity index is 75.0. The molecule has 0 aliphatic carbocycles. The van der Waals surface area contributed by atoms with Gasteiger partial charge in [-0.25, -0.2) is 0 Å². The highest BCUT2D eigenvalue weighted by molar-refractivity contribution is 7.99. The maximum Gasteiger partial charge on any atom is -0.00651 e. The summed E-state index contributed by atoms with van der Waals surface area (Å²) >= 11 is 2.12. The predicted octanol–water partition coefficient (Wildman–Crippen LogP) is 4.20. The van der Waals surface area contributed by atoms with Crippen molar-refractivity contribution in [1.82, 2.24) is 0 Å². The fraction of sp³-hybridized carbons (Fsp3) is 1.00. The standard InChI is InChI=1S/C11H24S/c1-10(2)6-5-8-12-9-7-11(3)4/h10-11H,5-9H2,1-4H3. The number of hydrogen-bond acceptors (Lipinski definition) is 1. The van der Waals surface area contributed by atoms with Crippen LogP contribution in [0.5, 0.6) is 0 Å². The lowest BCUT2D eigenvalue weighted by atomic mass is 10.1. The molecular weight excluding hydrogens is 164 g/mol. The molecule has 0 heterocycles. The molecule has 12 heavy (non-hydrogen) atoms. The van der Waals surface area contributed by atoms with Gasteiger partial charge in [0.25, 0.3) is 0 Å². The molecule has 0 aromatic heterocycles. The van der Waals surface area contributed by atoms with Crippen LogP contribution in [0.2, 0.25) is 0 Å². The van der Waals surface area contributed by atoms with Gasteiger partial charge >= 0.3 is 0 Å². The monoisotopic (exact) mass is 188 g/mol. The van der Waals surface area contributed by atoms with Crippen LogP contribution in [0.25, 0.3) is 0 Å². The van der Waals surface area contributed by atoms with Gasteiger partial charge < -0.3 is 0 Å². The molecule has 0 unspecified atom stereocenters. The molecule has 1 heteroatoms. The summed E-state index contributed by atoms with van der Waals surface area (Å²) in [5.41, 5.74) is 0. The summed E-state index contributed by atoms with van der Waals surface area (Å²) in [6.07, 6.45) is 4.18. The third-order valence-corrected chi connectivity index (χ3v) is 3.01. The maximum absolute atomic E-state index is 2.30. The van der Waals surface area contributed by atoms with Crippen LogP contribution in [-0.4, -0.2) is 11.5 Å². The van der Waals surface area contributed by atoms with E-state index in [0.29, 0.717) is 0 Å². The van der Waals surface area contributed by atoms with E-state index in [4.69, 9.17) is 0 Å². The first-order valence-corrected chi connectivity index (χ1v) is 6.36. The van der Waals surface area contributed by atoms with Gasteiger partial charge in [0.2, 0.25) is 0 Å². The molecule has 0 saturated carbocycles. The van der Waals surface area contributed by atoms with Gasteiger partial charge in [0.15, 0.2) is 0 Å².